The van der Waals surface area contributed by atoms with Crippen LogP contribution < -0.4 is 0 Å². The molecule has 1 aromatic rings. The standard InChI is InChI=1S/C24H41ClO3SSi/c1-8-9-14-27-15-23(26)16-29-17-24(21-10-12-22(25)13-11-21)28-30(18(2)3,19(4)5)20(6)7/h10-13,17-20,23,26H,8-9,14-16H2,1-7H3/b24-17-/t23-/m0/s1. The fourth-order valence-corrected chi connectivity index (χ4v) is 10.3. The number of hydrogen-bond donors (Lipinski definition) is 1. The van der Waals surface area contributed by atoms with E-state index in [4.69, 9.17) is 20.8 Å². The molecule has 0 aliphatic rings. The molecule has 0 aliphatic heterocycles. The van der Waals surface area contributed by atoms with E-state index in [-0.39, 0.29) is 0 Å². The summed E-state index contributed by atoms with van der Waals surface area (Å²) < 4.78 is 12.5. The van der Waals surface area contributed by atoms with Gasteiger partial charge < -0.3 is 14.3 Å². The predicted molar refractivity (Wildman–Crippen MR) is 136 cm³/mol. The van der Waals surface area contributed by atoms with Crippen molar-refractivity contribution in [2.24, 2.45) is 0 Å². The maximum absolute atomic E-state index is 10.2. The summed E-state index contributed by atoms with van der Waals surface area (Å²) in [5.41, 5.74) is 2.47. The Morgan fingerprint density at radius 2 is 1.63 bits per heavy atom. The molecule has 0 saturated heterocycles. The summed E-state index contributed by atoms with van der Waals surface area (Å²) in [6, 6.07) is 7.83. The van der Waals surface area contributed by atoms with E-state index in [1.54, 1.807) is 11.8 Å². The highest BCUT2D eigenvalue weighted by Crippen LogP contribution is 2.45. The molecule has 6 heteroatoms. The average Bonchev–Trinajstić information content (AvgIpc) is 2.67. The summed E-state index contributed by atoms with van der Waals surface area (Å²) in [4.78, 5) is 0. The van der Waals surface area contributed by atoms with Gasteiger partial charge in [-0.1, -0.05) is 66.5 Å². The van der Waals surface area contributed by atoms with Gasteiger partial charge in [0.15, 0.2) is 0 Å². The number of aliphatic hydroxyl groups excluding tert-OH is 1. The Kier molecular flexibility index (Phi) is 12.7. The minimum Gasteiger partial charge on any atom is -0.542 e. The number of aliphatic hydroxyl groups is 1. The largest absolute Gasteiger partial charge is 0.542 e. The molecule has 0 bridgehead atoms. The van der Waals surface area contributed by atoms with E-state index in [2.05, 4.69) is 53.9 Å². The Morgan fingerprint density at radius 3 is 2.13 bits per heavy atom. The highest BCUT2D eigenvalue weighted by Gasteiger charge is 2.47. The van der Waals surface area contributed by atoms with Gasteiger partial charge in [0.05, 0.1) is 12.7 Å². The normalized spacial score (nSPS) is 14.1. The zero-order valence-electron chi connectivity index (χ0n) is 19.8. The van der Waals surface area contributed by atoms with Crippen LogP contribution in [0.25, 0.3) is 5.76 Å². The van der Waals surface area contributed by atoms with Crippen LogP contribution in [0.4, 0.5) is 0 Å². The van der Waals surface area contributed by atoms with E-state index in [1.165, 1.54) is 0 Å². The topological polar surface area (TPSA) is 38.7 Å². The van der Waals surface area contributed by atoms with Gasteiger partial charge in [-0.2, -0.15) is 0 Å². The smallest absolute Gasteiger partial charge is 0.258 e. The molecule has 1 atom stereocenters. The van der Waals surface area contributed by atoms with Gasteiger partial charge in [-0.3, -0.25) is 0 Å². The zero-order valence-corrected chi connectivity index (χ0v) is 22.4. The molecule has 0 fully saturated rings. The van der Waals surface area contributed by atoms with Gasteiger partial charge in [-0.05, 0) is 47.3 Å². The molecule has 0 aromatic heterocycles. The average molecular weight is 473 g/mol. The Bertz CT molecular complexity index is 610. The molecule has 1 N–H and O–H groups in total. The lowest BCUT2D eigenvalue weighted by Gasteiger charge is -2.43. The highest BCUT2D eigenvalue weighted by atomic mass is 35.5. The fourth-order valence-electron chi connectivity index (χ4n) is 4.06. The van der Waals surface area contributed by atoms with Crippen molar-refractivity contribution >= 4 is 37.4 Å². The number of ether oxygens (including phenoxy) is 1. The molecule has 0 saturated carbocycles. The molecule has 0 spiro atoms. The van der Waals surface area contributed by atoms with Gasteiger partial charge in [-0.15, -0.1) is 11.8 Å². The lowest BCUT2D eigenvalue weighted by Crippen LogP contribution is -2.47. The summed E-state index contributed by atoms with van der Waals surface area (Å²) in [6.45, 7) is 16.9. The summed E-state index contributed by atoms with van der Waals surface area (Å²) in [5, 5.41) is 13.0. The van der Waals surface area contributed by atoms with Crippen LogP contribution >= 0.6 is 23.4 Å². The first-order valence-corrected chi connectivity index (χ1v) is 14.7. The molecule has 0 unspecified atom stereocenters. The lowest BCUT2D eigenvalue weighted by atomic mass is 10.2. The van der Waals surface area contributed by atoms with Crippen molar-refractivity contribution < 1.29 is 14.3 Å². The van der Waals surface area contributed by atoms with Crippen molar-refractivity contribution in [3.8, 4) is 0 Å². The second-order valence-corrected chi connectivity index (χ2v) is 15.5. The number of benzene rings is 1. The summed E-state index contributed by atoms with van der Waals surface area (Å²) in [5.74, 6) is 1.46. The van der Waals surface area contributed by atoms with Crippen molar-refractivity contribution in [2.75, 3.05) is 19.0 Å². The van der Waals surface area contributed by atoms with Crippen molar-refractivity contribution in [2.45, 2.75) is 84.0 Å². The van der Waals surface area contributed by atoms with E-state index < -0.39 is 14.4 Å². The second-order valence-electron chi connectivity index (χ2n) is 8.82. The maximum Gasteiger partial charge on any atom is 0.258 e. The lowest BCUT2D eigenvalue weighted by molar-refractivity contribution is 0.0474. The van der Waals surface area contributed by atoms with Crippen LogP contribution in [0.1, 0.15) is 66.9 Å². The van der Waals surface area contributed by atoms with Crippen molar-refractivity contribution in [3.63, 3.8) is 0 Å². The first kappa shape index (κ1) is 27.6. The van der Waals surface area contributed by atoms with E-state index in [0.29, 0.717) is 40.6 Å². The molecule has 3 nitrogen and oxygen atoms in total. The predicted octanol–water partition coefficient (Wildman–Crippen LogP) is 7.74. The van der Waals surface area contributed by atoms with Gasteiger partial charge in [0.25, 0.3) is 8.32 Å². The van der Waals surface area contributed by atoms with Gasteiger partial charge >= 0.3 is 0 Å². The van der Waals surface area contributed by atoms with E-state index >= 15 is 0 Å². The third-order valence-corrected chi connectivity index (χ3v) is 12.8. The summed E-state index contributed by atoms with van der Waals surface area (Å²) in [7, 11) is -2.10. The summed E-state index contributed by atoms with van der Waals surface area (Å²) in [6.07, 6.45) is 1.64. The Hall–Kier alpha value is -0.463. The highest BCUT2D eigenvalue weighted by molar-refractivity contribution is 8.02. The van der Waals surface area contributed by atoms with Crippen molar-refractivity contribution in [3.05, 3.63) is 40.3 Å². The first-order valence-electron chi connectivity index (χ1n) is 11.2. The Balaban J connectivity index is 3.03. The van der Waals surface area contributed by atoms with Gasteiger partial charge in [0, 0.05) is 28.4 Å². The van der Waals surface area contributed by atoms with Gasteiger partial charge in [0.2, 0.25) is 0 Å². The molecule has 0 aliphatic carbocycles. The quantitative estimate of drug-likeness (QED) is 0.171. The van der Waals surface area contributed by atoms with E-state index in [0.717, 1.165) is 24.2 Å². The van der Waals surface area contributed by atoms with Gasteiger partial charge in [0.1, 0.15) is 5.76 Å². The van der Waals surface area contributed by atoms with Gasteiger partial charge in [-0.25, -0.2) is 0 Å². The van der Waals surface area contributed by atoms with Crippen LogP contribution in [0.2, 0.25) is 21.6 Å². The number of rotatable bonds is 14. The fraction of sp³-hybridized carbons (Fsp3) is 0.667. The minimum atomic E-state index is -2.10. The maximum atomic E-state index is 10.2. The van der Waals surface area contributed by atoms with E-state index in [9.17, 15) is 5.11 Å². The molecule has 0 radical (unpaired) electrons. The van der Waals surface area contributed by atoms with Crippen molar-refractivity contribution in [1.82, 2.24) is 0 Å². The van der Waals surface area contributed by atoms with Crippen LogP contribution in [-0.4, -0.2) is 38.5 Å². The van der Waals surface area contributed by atoms with Crippen LogP contribution in [0, 0.1) is 0 Å². The zero-order chi connectivity index (χ0) is 22.7. The molecular weight excluding hydrogens is 432 g/mol. The monoisotopic (exact) mass is 472 g/mol. The second kappa shape index (κ2) is 13.8. The molecule has 30 heavy (non-hydrogen) atoms. The molecule has 172 valence electrons. The van der Waals surface area contributed by atoms with Crippen LogP contribution in [0.5, 0.6) is 0 Å². The molecule has 0 amide bonds. The van der Waals surface area contributed by atoms with Crippen LogP contribution in [0.3, 0.4) is 0 Å². The minimum absolute atomic E-state index is 0.376. The SMILES string of the molecule is CCCCOC[C@H](O)CS/C=C(\O[Si](C(C)C)(C(C)C)C(C)C)c1ccc(Cl)cc1. The van der Waals surface area contributed by atoms with Crippen LogP contribution in [-0.2, 0) is 9.16 Å². The molecule has 0 heterocycles. The number of thioether (sulfide) groups is 1. The van der Waals surface area contributed by atoms with Crippen LogP contribution in [0.15, 0.2) is 29.7 Å². The summed E-state index contributed by atoms with van der Waals surface area (Å²) >= 11 is 7.69. The van der Waals surface area contributed by atoms with Crippen molar-refractivity contribution in [1.29, 1.82) is 0 Å². The third kappa shape index (κ3) is 8.23. The number of unbranched alkanes of at least 4 members (excludes halogenated alkanes) is 1. The number of hydrogen-bond acceptors (Lipinski definition) is 4. The van der Waals surface area contributed by atoms with E-state index in [1.807, 2.05) is 24.3 Å². The first-order chi connectivity index (χ1) is 14.1. The molecule has 1 rings (SSSR count). The number of halogens is 1. The third-order valence-electron chi connectivity index (χ3n) is 5.55. The Labute approximate surface area is 194 Å². The Morgan fingerprint density at radius 1 is 1.07 bits per heavy atom. The molecular formula is C24H41ClO3SSi. The molecule has 1 aromatic carbocycles.